The van der Waals surface area contributed by atoms with Gasteiger partial charge in [-0.05, 0) is 18.4 Å². The molecular weight excluding hydrogens is 272 g/mol. The van der Waals surface area contributed by atoms with Crippen molar-refractivity contribution in [2.45, 2.75) is 31.1 Å². The van der Waals surface area contributed by atoms with Gasteiger partial charge < -0.3 is 4.55 Å². The second-order valence-corrected chi connectivity index (χ2v) is 5.38. The van der Waals surface area contributed by atoms with Crippen LogP contribution in [0.5, 0.6) is 0 Å². The first kappa shape index (κ1) is 17.2. The third-order valence-corrected chi connectivity index (χ3v) is 3.13. The topological polar surface area (TPSA) is 66.4 Å². The van der Waals surface area contributed by atoms with Gasteiger partial charge in [0.1, 0.15) is 0 Å². The third kappa shape index (κ3) is 9.23. The van der Waals surface area contributed by atoms with Gasteiger partial charge in [-0.15, -0.1) is 0 Å². The highest BCUT2D eigenvalue weighted by Gasteiger charge is 1.98. The van der Waals surface area contributed by atoms with Crippen LogP contribution in [-0.4, -0.2) is 26.0 Å². The molecule has 0 aliphatic rings. The third-order valence-electron chi connectivity index (χ3n) is 2.11. The van der Waals surface area contributed by atoms with Crippen molar-refractivity contribution >= 4 is 27.6 Å². The lowest BCUT2D eigenvalue weighted by atomic mass is 10.1. The van der Waals surface area contributed by atoms with Crippen LogP contribution in [0.25, 0.3) is 0 Å². The van der Waals surface area contributed by atoms with Gasteiger partial charge in [0, 0.05) is 12.1 Å². The number of hydrogen-bond acceptors (Lipinski definition) is 4. The Morgan fingerprint density at radius 3 is 2.17 bits per heavy atom. The molecule has 0 spiro atoms. The quantitative estimate of drug-likeness (QED) is 0.360. The first-order valence-electron chi connectivity index (χ1n) is 5.45. The van der Waals surface area contributed by atoms with Crippen molar-refractivity contribution in [2.75, 3.05) is 7.11 Å². The van der Waals surface area contributed by atoms with E-state index in [2.05, 4.69) is 41.2 Å². The van der Waals surface area contributed by atoms with Crippen molar-refractivity contribution in [2.24, 2.45) is 0 Å². The summed E-state index contributed by atoms with van der Waals surface area (Å²) in [7, 11) is -3.60. The molecule has 0 aromatic heterocycles. The van der Waals surface area contributed by atoms with Gasteiger partial charge in [-0.25, -0.2) is 8.42 Å². The molecule has 0 unspecified atom stereocenters. The number of unbranched alkanes of at least 4 members (excludes halogenated alkanes) is 1. The highest BCUT2D eigenvalue weighted by atomic mass is 32.3. The summed E-state index contributed by atoms with van der Waals surface area (Å²) in [5.41, 5.74) is 1.44. The Morgan fingerprint density at radius 1 is 1.33 bits per heavy atom. The minimum Gasteiger partial charge on any atom is -0.726 e. The zero-order valence-corrected chi connectivity index (χ0v) is 12.2. The molecule has 0 bridgehead atoms. The number of aryl methyl sites for hydroxylation is 1. The fourth-order valence-electron chi connectivity index (χ4n) is 1.13. The summed E-state index contributed by atoms with van der Waals surface area (Å²) < 4.78 is 31.0. The van der Waals surface area contributed by atoms with E-state index in [4.69, 9.17) is 0 Å². The monoisotopic (exact) mass is 290 g/mol. The lowest BCUT2D eigenvalue weighted by Gasteiger charge is -1.98. The summed E-state index contributed by atoms with van der Waals surface area (Å²) in [6.07, 6.45) is 3.77. The minimum absolute atomic E-state index is 0.808. The molecule has 0 heterocycles. The SMILES string of the molecule is C=[S+]c1ccc(CCCC)cc1.COS(=O)(=O)[O-]. The first-order valence-corrected chi connectivity index (χ1v) is 7.77. The van der Waals surface area contributed by atoms with E-state index in [9.17, 15) is 13.0 Å². The Balaban J connectivity index is 0.000000411. The molecule has 0 saturated carbocycles. The van der Waals surface area contributed by atoms with Crippen LogP contribution in [0.1, 0.15) is 25.3 Å². The average molecular weight is 290 g/mol. The summed E-state index contributed by atoms with van der Waals surface area (Å²) in [5.74, 6) is 3.76. The molecule has 1 aromatic carbocycles. The maximum atomic E-state index is 9.22. The molecule has 0 atom stereocenters. The summed E-state index contributed by atoms with van der Waals surface area (Å²) >= 11 is 1.55. The predicted molar refractivity (Wildman–Crippen MR) is 74.5 cm³/mol. The Kier molecular flexibility index (Phi) is 8.74. The summed E-state index contributed by atoms with van der Waals surface area (Å²) in [6.45, 7) is 2.22. The highest BCUT2D eigenvalue weighted by molar-refractivity contribution is 7.80. The molecule has 4 nitrogen and oxygen atoms in total. The van der Waals surface area contributed by atoms with Crippen LogP contribution in [0.3, 0.4) is 0 Å². The molecule has 0 amide bonds. The van der Waals surface area contributed by atoms with Crippen LogP contribution in [0.15, 0.2) is 29.2 Å². The smallest absolute Gasteiger partial charge is 0.230 e. The van der Waals surface area contributed by atoms with Gasteiger partial charge in [-0.1, -0.05) is 25.5 Å². The van der Waals surface area contributed by atoms with Crippen LogP contribution in [0.2, 0.25) is 0 Å². The Bertz CT molecular complexity index is 438. The zero-order chi connectivity index (χ0) is 14.0. The van der Waals surface area contributed by atoms with Gasteiger partial charge in [-0.3, -0.25) is 4.18 Å². The van der Waals surface area contributed by atoms with Crippen molar-refractivity contribution in [3.05, 3.63) is 29.8 Å². The zero-order valence-electron chi connectivity index (χ0n) is 10.6. The van der Waals surface area contributed by atoms with Gasteiger partial charge in [0.05, 0.1) is 7.11 Å². The van der Waals surface area contributed by atoms with Crippen LogP contribution < -0.4 is 0 Å². The van der Waals surface area contributed by atoms with Crippen LogP contribution in [-0.2, 0) is 32.4 Å². The van der Waals surface area contributed by atoms with E-state index in [-0.39, 0.29) is 0 Å². The van der Waals surface area contributed by atoms with Gasteiger partial charge >= 0.3 is 0 Å². The van der Waals surface area contributed by atoms with E-state index < -0.39 is 10.4 Å². The number of rotatable bonds is 5. The molecule has 1 aromatic rings. The van der Waals surface area contributed by atoms with Gasteiger partial charge in [0.2, 0.25) is 26.6 Å². The minimum atomic E-state index is -4.41. The molecule has 6 heteroatoms. The summed E-state index contributed by atoms with van der Waals surface area (Å²) in [6, 6.07) is 8.68. The van der Waals surface area contributed by atoms with Crippen molar-refractivity contribution in [3.8, 4) is 0 Å². The van der Waals surface area contributed by atoms with Crippen LogP contribution in [0, 0.1) is 0 Å². The van der Waals surface area contributed by atoms with Crippen molar-refractivity contribution in [1.29, 1.82) is 0 Å². The van der Waals surface area contributed by atoms with E-state index >= 15 is 0 Å². The Hall–Kier alpha value is -0.820. The lowest BCUT2D eigenvalue weighted by Crippen LogP contribution is -1.97. The second-order valence-electron chi connectivity index (χ2n) is 3.47. The average Bonchev–Trinajstić information content (AvgIpc) is 2.37. The molecule has 0 aliphatic carbocycles. The molecule has 0 aliphatic heterocycles. The second kappa shape index (κ2) is 9.16. The molecule has 0 fully saturated rings. The van der Waals surface area contributed by atoms with Gasteiger partial charge in [0.15, 0.2) is 5.87 Å². The lowest BCUT2D eigenvalue weighted by molar-refractivity contribution is 0.314. The van der Waals surface area contributed by atoms with E-state index in [1.807, 2.05) is 0 Å². The van der Waals surface area contributed by atoms with E-state index in [1.54, 1.807) is 11.4 Å². The van der Waals surface area contributed by atoms with Crippen molar-refractivity contribution < 1.29 is 17.2 Å². The summed E-state index contributed by atoms with van der Waals surface area (Å²) in [5, 5.41) is 0. The molecular formula is C12H18O4S2. The molecule has 0 saturated heterocycles. The van der Waals surface area contributed by atoms with Crippen LogP contribution in [0.4, 0.5) is 0 Å². The Morgan fingerprint density at radius 2 is 1.83 bits per heavy atom. The maximum absolute atomic E-state index is 9.22. The fraction of sp³-hybridized carbons (Fsp3) is 0.417. The normalized spacial score (nSPS) is 10.4. The van der Waals surface area contributed by atoms with Crippen molar-refractivity contribution in [3.63, 3.8) is 0 Å². The Labute approximate surface area is 113 Å². The molecule has 18 heavy (non-hydrogen) atoms. The van der Waals surface area contributed by atoms with E-state index in [0.29, 0.717) is 0 Å². The van der Waals surface area contributed by atoms with Gasteiger partial charge in [-0.2, -0.15) is 0 Å². The fourth-order valence-corrected chi connectivity index (χ4v) is 1.46. The maximum Gasteiger partial charge on any atom is 0.230 e. The standard InChI is InChI=1S/C11H15S.CH4O4S/c1-3-4-5-10-6-8-11(12-2)9-7-10;1-5-6(2,3)4/h6-9H,2-5H2,1H3;1H3,(H,2,3,4)/q+1;/p-1. The summed E-state index contributed by atoms with van der Waals surface area (Å²) in [4.78, 5) is 1.25. The first-order chi connectivity index (χ1) is 8.42. The molecule has 0 N–H and O–H groups in total. The van der Waals surface area contributed by atoms with Crippen LogP contribution >= 0.6 is 0 Å². The largest absolute Gasteiger partial charge is 0.726 e. The van der Waals surface area contributed by atoms with Crippen molar-refractivity contribution in [1.82, 2.24) is 0 Å². The molecule has 0 radical (unpaired) electrons. The van der Waals surface area contributed by atoms with E-state index in [1.165, 1.54) is 29.7 Å². The number of benzene rings is 1. The predicted octanol–water partition coefficient (Wildman–Crippen LogP) is 2.00. The van der Waals surface area contributed by atoms with E-state index in [0.717, 1.165) is 7.11 Å². The highest BCUT2D eigenvalue weighted by Crippen LogP contribution is 2.07. The molecule has 102 valence electrons. The van der Waals surface area contributed by atoms with Gasteiger partial charge in [0.25, 0.3) is 0 Å². The number of hydrogen-bond donors (Lipinski definition) is 0. The molecule has 1 rings (SSSR count).